The number of carbonyl (C=O) groups excluding carboxylic acids is 3. The van der Waals surface area contributed by atoms with Gasteiger partial charge in [0, 0.05) is 5.69 Å². The third-order valence-electron chi connectivity index (χ3n) is 4.76. The average Bonchev–Trinajstić information content (AvgIpc) is 2.93. The summed E-state index contributed by atoms with van der Waals surface area (Å²) in [5.41, 5.74) is 3.41. The van der Waals surface area contributed by atoms with Crippen LogP contribution in [-0.4, -0.2) is 24.4 Å². The second-order valence-corrected chi connectivity index (χ2v) is 7.49. The van der Waals surface area contributed by atoms with Crippen LogP contribution in [0.25, 0.3) is 0 Å². The first-order chi connectivity index (χ1) is 14.3. The molecule has 0 saturated heterocycles. The molecule has 0 atom stereocenters. The summed E-state index contributed by atoms with van der Waals surface area (Å²) < 4.78 is 5.17. The van der Waals surface area contributed by atoms with Crippen LogP contribution >= 0.6 is 11.6 Å². The molecule has 1 heterocycles. The molecule has 0 radical (unpaired) electrons. The van der Waals surface area contributed by atoms with E-state index < -0.39 is 17.8 Å². The van der Waals surface area contributed by atoms with E-state index in [1.807, 2.05) is 39.0 Å². The molecule has 2 aromatic rings. The number of nitrogens with zero attached hydrogens (tertiary/aromatic N) is 1. The van der Waals surface area contributed by atoms with Gasteiger partial charge in [-0.05, 0) is 56.2 Å². The molecule has 2 amide bonds. The number of unbranched alkanes of at least 4 members (excludes halogenated alkanes) is 1. The summed E-state index contributed by atoms with van der Waals surface area (Å²) >= 11 is 6.19. The maximum absolute atomic E-state index is 12.9. The number of anilines is 2. The molecule has 156 valence electrons. The van der Waals surface area contributed by atoms with Crippen LogP contribution < -0.4 is 10.2 Å². The summed E-state index contributed by atoms with van der Waals surface area (Å²) in [5, 5.41) is 2.81. The lowest BCUT2D eigenvalue weighted by atomic mass is 10.1. The third-order valence-corrected chi connectivity index (χ3v) is 5.11. The summed E-state index contributed by atoms with van der Waals surface area (Å²) in [4.78, 5) is 38.6. The van der Waals surface area contributed by atoms with Gasteiger partial charge in [-0.2, -0.15) is 0 Å². The Hall–Kier alpha value is -3.12. The molecule has 2 aromatic carbocycles. The van der Waals surface area contributed by atoms with E-state index >= 15 is 0 Å². The minimum absolute atomic E-state index is 0.0247. The Balaban J connectivity index is 1.77. The SMILES string of the molecule is CCCCOC(=O)c1ccc(N2C(=O)C(Cl)=C(Nc3ccc(C)cc3C)C2=O)cc1. The number of ether oxygens (including phenoxy) is 1. The number of imide groups is 1. The largest absolute Gasteiger partial charge is 0.462 e. The van der Waals surface area contributed by atoms with Gasteiger partial charge in [-0.1, -0.05) is 42.6 Å². The molecule has 0 fully saturated rings. The standard InChI is InChI=1S/C23H23ClN2O4/c1-4-5-12-30-23(29)16-7-9-17(10-8-16)26-21(27)19(24)20(22(26)28)25-18-11-6-14(2)13-15(18)3/h6-11,13,25H,4-5,12H2,1-3H3. The van der Waals surface area contributed by atoms with Crippen LogP contribution in [0.5, 0.6) is 0 Å². The molecule has 0 bridgehead atoms. The van der Waals surface area contributed by atoms with Crippen molar-refractivity contribution in [3.63, 3.8) is 0 Å². The van der Waals surface area contributed by atoms with Crippen molar-refractivity contribution in [1.29, 1.82) is 0 Å². The number of hydrogen-bond donors (Lipinski definition) is 1. The molecule has 3 rings (SSSR count). The van der Waals surface area contributed by atoms with Crippen LogP contribution in [0.15, 0.2) is 53.2 Å². The Morgan fingerprint density at radius 2 is 1.77 bits per heavy atom. The number of hydrogen-bond acceptors (Lipinski definition) is 5. The number of amides is 2. The van der Waals surface area contributed by atoms with Crippen molar-refractivity contribution in [2.75, 3.05) is 16.8 Å². The Bertz CT molecular complexity index is 1030. The normalized spacial score (nSPS) is 13.8. The van der Waals surface area contributed by atoms with Gasteiger partial charge in [0.05, 0.1) is 17.9 Å². The topological polar surface area (TPSA) is 75.7 Å². The lowest BCUT2D eigenvalue weighted by molar-refractivity contribution is -0.120. The highest BCUT2D eigenvalue weighted by Gasteiger charge is 2.39. The lowest BCUT2D eigenvalue weighted by Gasteiger charge is -2.16. The number of halogens is 1. The molecule has 0 spiro atoms. The predicted molar refractivity (Wildman–Crippen MR) is 117 cm³/mol. The third kappa shape index (κ3) is 4.39. The Morgan fingerprint density at radius 1 is 1.07 bits per heavy atom. The van der Waals surface area contributed by atoms with E-state index in [0.717, 1.165) is 28.9 Å². The maximum Gasteiger partial charge on any atom is 0.338 e. The van der Waals surface area contributed by atoms with Crippen LogP contribution in [0.2, 0.25) is 0 Å². The van der Waals surface area contributed by atoms with Gasteiger partial charge in [0.25, 0.3) is 11.8 Å². The molecule has 0 aliphatic carbocycles. The van der Waals surface area contributed by atoms with Gasteiger partial charge in [-0.25, -0.2) is 9.69 Å². The number of aryl methyl sites for hydroxylation is 2. The summed E-state index contributed by atoms with van der Waals surface area (Å²) in [6, 6.07) is 11.8. The van der Waals surface area contributed by atoms with Crippen molar-refractivity contribution < 1.29 is 19.1 Å². The van der Waals surface area contributed by atoms with Crippen LogP contribution in [0.4, 0.5) is 11.4 Å². The van der Waals surface area contributed by atoms with Crippen LogP contribution in [-0.2, 0) is 14.3 Å². The van der Waals surface area contributed by atoms with Crippen molar-refractivity contribution in [2.24, 2.45) is 0 Å². The van der Waals surface area contributed by atoms with E-state index in [9.17, 15) is 14.4 Å². The summed E-state index contributed by atoms with van der Waals surface area (Å²) in [6.07, 6.45) is 1.72. The van der Waals surface area contributed by atoms with Crippen molar-refractivity contribution in [3.8, 4) is 0 Å². The second kappa shape index (κ2) is 9.13. The molecule has 1 aliphatic heterocycles. The Kier molecular flexibility index (Phi) is 6.57. The van der Waals surface area contributed by atoms with Gasteiger partial charge in [-0.15, -0.1) is 0 Å². The predicted octanol–water partition coefficient (Wildman–Crippen LogP) is 4.70. The Morgan fingerprint density at radius 3 is 2.40 bits per heavy atom. The number of rotatable bonds is 7. The van der Waals surface area contributed by atoms with E-state index in [0.29, 0.717) is 23.5 Å². The van der Waals surface area contributed by atoms with Gasteiger partial charge < -0.3 is 10.1 Å². The quantitative estimate of drug-likeness (QED) is 0.394. The minimum Gasteiger partial charge on any atom is -0.462 e. The van der Waals surface area contributed by atoms with E-state index in [4.69, 9.17) is 16.3 Å². The molecule has 7 heteroatoms. The zero-order valence-electron chi connectivity index (χ0n) is 17.1. The van der Waals surface area contributed by atoms with Crippen molar-refractivity contribution >= 4 is 40.8 Å². The fourth-order valence-corrected chi connectivity index (χ4v) is 3.29. The molecular formula is C23H23ClN2O4. The van der Waals surface area contributed by atoms with Crippen molar-refractivity contribution in [1.82, 2.24) is 0 Å². The highest BCUT2D eigenvalue weighted by Crippen LogP contribution is 2.31. The molecule has 0 saturated carbocycles. The van der Waals surface area contributed by atoms with E-state index in [2.05, 4.69) is 5.32 Å². The van der Waals surface area contributed by atoms with E-state index in [-0.39, 0.29) is 10.7 Å². The first-order valence-corrected chi connectivity index (χ1v) is 10.1. The molecule has 1 N–H and O–H groups in total. The van der Waals surface area contributed by atoms with Gasteiger partial charge in [-0.3, -0.25) is 9.59 Å². The summed E-state index contributed by atoms with van der Waals surface area (Å²) in [7, 11) is 0. The molecule has 0 aromatic heterocycles. The second-order valence-electron chi connectivity index (χ2n) is 7.11. The van der Waals surface area contributed by atoms with Crippen molar-refractivity contribution in [3.05, 3.63) is 69.9 Å². The van der Waals surface area contributed by atoms with Gasteiger partial charge in [0.1, 0.15) is 10.7 Å². The molecule has 6 nitrogen and oxygen atoms in total. The monoisotopic (exact) mass is 426 g/mol. The fourth-order valence-electron chi connectivity index (χ4n) is 3.07. The number of esters is 1. The molecule has 30 heavy (non-hydrogen) atoms. The fraction of sp³-hybridized carbons (Fsp3) is 0.261. The molecular weight excluding hydrogens is 404 g/mol. The van der Waals surface area contributed by atoms with Crippen LogP contribution in [0.3, 0.4) is 0 Å². The van der Waals surface area contributed by atoms with Crippen LogP contribution in [0.1, 0.15) is 41.3 Å². The maximum atomic E-state index is 12.9. The lowest BCUT2D eigenvalue weighted by Crippen LogP contribution is -2.32. The van der Waals surface area contributed by atoms with E-state index in [1.165, 1.54) is 24.3 Å². The zero-order chi connectivity index (χ0) is 21.8. The zero-order valence-corrected chi connectivity index (χ0v) is 17.9. The van der Waals surface area contributed by atoms with Gasteiger partial charge in [0.15, 0.2) is 0 Å². The highest BCUT2D eigenvalue weighted by atomic mass is 35.5. The van der Waals surface area contributed by atoms with Crippen molar-refractivity contribution in [2.45, 2.75) is 33.6 Å². The first kappa shape index (κ1) is 21.6. The highest BCUT2D eigenvalue weighted by molar-refractivity contribution is 6.53. The van der Waals surface area contributed by atoms with Crippen LogP contribution in [0, 0.1) is 13.8 Å². The smallest absolute Gasteiger partial charge is 0.338 e. The van der Waals surface area contributed by atoms with E-state index in [1.54, 1.807) is 0 Å². The Labute approximate surface area is 180 Å². The summed E-state index contributed by atoms with van der Waals surface area (Å²) in [6.45, 7) is 6.24. The minimum atomic E-state index is -0.618. The number of nitrogens with one attached hydrogen (secondary N) is 1. The average molecular weight is 427 g/mol. The number of carbonyl (C=O) groups is 3. The van der Waals surface area contributed by atoms with Gasteiger partial charge >= 0.3 is 5.97 Å². The van der Waals surface area contributed by atoms with Gasteiger partial charge in [0.2, 0.25) is 0 Å². The summed E-state index contributed by atoms with van der Waals surface area (Å²) in [5.74, 6) is -1.61. The first-order valence-electron chi connectivity index (χ1n) is 9.73. The molecule has 1 aliphatic rings. The number of benzene rings is 2. The molecule has 0 unspecified atom stereocenters.